The van der Waals surface area contributed by atoms with Crippen LogP contribution in [0.4, 0.5) is 17.6 Å². The van der Waals surface area contributed by atoms with Gasteiger partial charge in [-0.3, -0.25) is 23.9 Å². The van der Waals surface area contributed by atoms with Gasteiger partial charge in [-0.1, -0.05) is 84.2 Å². The number of hydrogen-bond donors (Lipinski definition) is 4. The molecule has 8 atom stereocenters. The SMILES string of the molecule is C1CNCCN1.COC(=O)C[C@@H]1COc2cc(O[C@@H]3CCc4c(B5OC(C)(C)C(C)(C)O5)ccc(F)c43)ccc21.COC(=O)C[C@@H]1COc2cc(O[C@@H]3CCc4c(Br)ccc(F)c43)ccc21.COC(=O)C[C@@H]1COc2cc(O[C@@H]3CCc4c(O)ccc(F)c43)ccc21.Cn1ncc2ccc(Br)cc21.O=C(O)C[C@@H]1COc2cc(O[C@@H]3CCc4c(Br)ccc(F)c43)ccc21. The van der Waals surface area contributed by atoms with Crippen molar-refractivity contribution in [2.45, 2.75) is 164 Å². The standard InChI is InChI=1S/C26H30BFO6.C20H18BrFO4.C20H19FO5.C19H16BrFO4.C8H7BrN2.C4H10N2/c1-25(2)26(3,4)34-27(33-25)19-9-10-20(28)24-18(19)8-11-21(24)32-16-6-7-17-15(12-23(29)30-5)14-31-22(17)13-16;1-24-19(23)8-11-10-25-18-9-12(2-3-13(11)18)26-17-7-4-14-15(21)5-6-16(22)20(14)17;1-24-19(23)8-11-10-25-18-9-12(2-3-13(11)18)26-17-7-4-14-16(22)6-5-15(21)20(14)17;20-14-4-5-15(21)19-13(14)3-6-16(19)25-11-1-2-12-10(7-18(22)23)9-24-17(12)8-11;1-11-8-4-7(9)3-2-6(8)5-10-11;1-2-6-4-3-5-1/h6-7,9-10,13,15,21H,8,11-12,14H2,1-5H3;2-3,5-6,9,11,17H,4,7-8,10H2,1H3;2-3,5-6,9,11,17,22H,4,7-8,10H2,1H3;1-2,4-5,8,10,16H,3,6-7,9H2,(H,22,23);2-5H,1H3;5-6H,1-4H2/t15-,21-;2*11-,17-;10-,16-;;/m1111../s1. The molecule has 10 aliphatic rings. The van der Waals surface area contributed by atoms with Crippen LogP contribution in [-0.2, 0) is 75.4 Å². The van der Waals surface area contributed by atoms with Crippen LogP contribution < -0.4 is 54.0 Å². The van der Waals surface area contributed by atoms with Gasteiger partial charge in [0.25, 0.3) is 0 Å². The molecule has 7 heterocycles. The van der Waals surface area contributed by atoms with E-state index in [1.54, 1.807) is 42.5 Å². The summed E-state index contributed by atoms with van der Waals surface area (Å²) in [6.45, 7) is 14.2. The number of carboxylic acids is 1. The number of phenols is 1. The number of aryl methyl sites for hydroxylation is 1. The summed E-state index contributed by atoms with van der Waals surface area (Å²) >= 11 is 10.4. The number of halogens is 7. The Kier molecular flexibility index (Phi) is 29.1. The second kappa shape index (κ2) is 40.3. The zero-order valence-corrected chi connectivity index (χ0v) is 76.8. The van der Waals surface area contributed by atoms with Crippen molar-refractivity contribution in [2.75, 3.05) is 73.9 Å². The lowest BCUT2D eigenvalue weighted by molar-refractivity contribution is -0.142. The maximum absolute atomic E-state index is 15.0. The van der Waals surface area contributed by atoms with Crippen LogP contribution in [0.3, 0.4) is 0 Å². The Morgan fingerprint density at radius 1 is 0.461 bits per heavy atom. The van der Waals surface area contributed by atoms with E-state index in [2.05, 4.69) is 69.6 Å². The fraction of sp³-hybridized carbons (Fsp3) is 0.392. The molecule has 674 valence electrons. The minimum atomic E-state index is -0.842. The second-order valence-corrected chi connectivity index (χ2v) is 36.4. The largest absolute Gasteiger partial charge is 0.508 e. The van der Waals surface area contributed by atoms with Gasteiger partial charge in [-0.05, 0) is 180 Å². The van der Waals surface area contributed by atoms with E-state index in [0.717, 1.165) is 109 Å². The maximum Gasteiger partial charge on any atom is 0.495 e. The number of carboxylic acid groups (broad SMARTS) is 1. The Morgan fingerprint density at radius 2 is 0.805 bits per heavy atom. The maximum atomic E-state index is 15.0. The van der Waals surface area contributed by atoms with Crippen molar-refractivity contribution in [1.82, 2.24) is 20.4 Å². The Hall–Kier alpha value is -10.4. The number of esters is 3. The number of hydrogen-bond acceptors (Lipinski definition) is 21. The summed E-state index contributed by atoms with van der Waals surface area (Å²) < 4.78 is 136. The van der Waals surface area contributed by atoms with Gasteiger partial charge in [-0.25, -0.2) is 17.6 Å². The molecule has 4 N–H and O–H groups in total. The molecule has 0 spiro atoms. The van der Waals surface area contributed by atoms with E-state index in [4.69, 9.17) is 66.5 Å². The fourth-order valence-corrected chi connectivity index (χ4v) is 19.2. The summed E-state index contributed by atoms with van der Waals surface area (Å²) in [4.78, 5) is 45.6. The van der Waals surface area contributed by atoms with E-state index >= 15 is 4.39 Å². The first kappa shape index (κ1) is 92.3. The molecule has 2 saturated heterocycles. The fourth-order valence-electron chi connectivity index (χ4n) is 17.7. The van der Waals surface area contributed by atoms with Crippen molar-refractivity contribution >= 4 is 95.2 Å². The third-order valence-electron chi connectivity index (χ3n) is 25.1. The lowest BCUT2D eigenvalue weighted by atomic mass is 9.75. The topological polar surface area (TPSA) is 271 Å². The van der Waals surface area contributed by atoms with E-state index in [0.29, 0.717) is 139 Å². The smallest absolute Gasteiger partial charge is 0.495 e. The molecule has 4 aliphatic carbocycles. The zero-order valence-electron chi connectivity index (χ0n) is 72.1. The summed E-state index contributed by atoms with van der Waals surface area (Å²) in [6.07, 6.45) is 6.75. The molecule has 2 fully saturated rings. The Morgan fingerprint density at radius 3 is 1.18 bits per heavy atom. The van der Waals surface area contributed by atoms with E-state index in [-0.39, 0.29) is 102 Å². The van der Waals surface area contributed by atoms with Gasteiger partial charge < -0.3 is 82.3 Å². The van der Waals surface area contributed by atoms with Crippen molar-refractivity contribution in [1.29, 1.82) is 0 Å². The minimum absolute atomic E-state index is 0.00731. The number of nitrogens with zero attached hydrogens (tertiary/aromatic N) is 2. The number of rotatable bonds is 17. The van der Waals surface area contributed by atoms with Crippen LogP contribution >= 0.6 is 47.8 Å². The van der Waals surface area contributed by atoms with Crippen molar-refractivity contribution in [3.8, 4) is 51.7 Å². The zero-order chi connectivity index (χ0) is 90.4. The third kappa shape index (κ3) is 20.7. The normalized spacial score (nSPS) is 20.7. The first-order valence-electron chi connectivity index (χ1n) is 42.8. The average Bonchev–Trinajstić information content (AvgIpc) is 1.58. The number of aliphatic carboxylic acids is 1. The number of ether oxygens (including phenoxy) is 11. The van der Waals surface area contributed by atoms with Gasteiger partial charge in [-0.15, -0.1) is 0 Å². The number of phenolic OH excluding ortho intramolecular Hbond substituents is 1. The summed E-state index contributed by atoms with van der Waals surface area (Å²) in [5.41, 5.74) is 10.5. The van der Waals surface area contributed by atoms with E-state index < -0.39 is 36.5 Å². The monoisotopic (exact) mass is 1950 g/mol. The van der Waals surface area contributed by atoms with Crippen LogP contribution in [0.2, 0.25) is 0 Å². The second-order valence-electron chi connectivity index (χ2n) is 33.7. The first-order chi connectivity index (χ1) is 61.5. The highest BCUT2D eigenvalue weighted by molar-refractivity contribution is 9.11. The Labute approximate surface area is 764 Å². The molecule has 0 radical (unpaired) electrons. The van der Waals surface area contributed by atoms with Gasteiger partial charge in [0.15, 0.2) is 0 Å². The molecular weight excluding hydrogens is 1850 g/mol. The summed E-state index contributed by atoms with van der Waals surface area (Å²) in [7, 11) is 5.53. The van der Waals surface area contributed by atoms with Crippen LogP contribution in [0.25, 0.3) is 10.9 Å². The lowest BCUT2D eigenvalue weighted by Gasteiger charge is -2.32. The lowest BCUT2D eigenvalue weighted by Crippen LogP contribution is -2.41. The molecule has 6 aliphatic heterocycles. The predicted octanol–water partition coefficient (Wildman–Crippen LogP) is 18.7. The number of benzene rings is 9. The number of piperazine rings is 1. The molecule has 0 saturated carbocycles. The van der Waals surface area contributed by atoms with Crippen LogP contribution in [0, 0.1) is 23.3 Å². The number of methoxy groups -OCH3 is 3. The molecule has 31 heteroatoms. The van der Waals surface area contributed by atoms with Gasteiger partial charge >= 0.3 is 31.0 Å². The summed E-state index contributed by atoms with van der Waals surface area (Å²) in [5.74, 6) is 2.27. The molecule has 128 heavy (non-hydrogen) atoms. The molecule has 10 aromatic rings. The van der Waals surface area contributed by atoms with Gasteiger partial charge in [-0.2, -0.15) is 5.10 Å². The number of aromatic hydroxyl groups is 1. The molecular formula is C97H100BBr3F4N4O19. The molecule has 0 unspecified atom stereocenters. The number of aromatic nitrogens is 2. The Balaban J connectivity index is 0.000000124. The van der Waals surface area contributed by atoms with Gasteiger partial charge in [0.05, 0.1) is 96.4 Å². The highest BCUT2D eigenvalue weighted by Gasteiger charge is 2.53. The summed E-state index contributed by atoms with van der Waals surface area (Å²) in [5, 5.41) is 30.6. The molecule has 9 aromatic carbocycles. The average molecular weight is 1950 g/mol. The third-order valence-corrected chi connectivity index (χ3v) is 27.1. The van der Waals surface area contributed by atoms with E-state index in [1.165, 1.54) is 57.0 Å². The van der Waals surface area contributed by atoms with E-state index in [1.807, 2.05) is 106 Å². The molecule has 0 amide bonds. The van der Waals surface area contributed by atoms with E-state index in [9.17, 15) is 37.5 Å². The number of nitrogens with one attached hydrogen (secondary N) is 2. The van der Waals surface area contributed by atoms with Gasteiger partial charge in [0, 0.05) is 150 Å². The molecule has 1 aromatic heterocycles. The molecule has 0 bridgehead atoms. The van der Waals surface area contributed by atoms with Gasteiger partial charge in [0.2, 0.25) is 0 Å². The van der Waals surface area contributed by atoms with Crippen LogP contribution in [0.1, 0.15) is 194 Å². The molecule has 23 nitrogen and oxygen atoms in total. The van der Waals surface area contributed by atoms with Crippen molar-refractivity contribution in [3.63, 3.8) is 0 Å². The highest BCUT2D eigenvalue weighted by atomic mass is 79.9. The van der Waals surface area contributed by atoms with Crippen molar-refractivity contribution in [2.24, 2.45) is 7.05 Å². The van der Waals surface area contributed by atoms with Crippen LogP contribution in [-0.4, -0.2) is 136 Å². The van der Waals surface area contributed by atoms with Crippen molar-refractivity contribution in [3.05, 3.63) is 249 Å². The predicted molar refractivity (Wildman–Crippen MR) is 480 cm³/mol. The van der Waals surface area contributed by atoms with Crippen LogP contribution in [0.15, 0.2) is 159 Å². The number of carbonyl (C=O) groups is 4. The van der Waals surface area contributed by atoms with Crippen molar-refractivity contribution < 1.29 is 108 Å². The molecule has 20 rings (SSSR count). The number of fused-ring (bicyclic) bond motifs is 9. The highest BCUT2D eigenvalue weighted by Crippen LogP contribution is 2.50. The summed E-state index contributed by atoms with van der Waals surface area (Å²) in [6, 6.07) is 40.4. The number of carbonyl (C=O) groups excluding carboxylic acids is 3. The Bertz CT molecular complexity index is 5630. The van der Waals surface area contributed by atoms with Gasteiger partial charge in [0.1, 0.15) is 99.4 Å². The quantitative estimate of drug-likeness (QED) is 0.0285. The van der Waals surface area contributed by atoms with Crippen LogP contribution in [0.5, 0.6) is 51.7 Å². The minimum Gasteiger partial charge on any atom is -0.508 e. The first-order valence-corrected chi connectivity index (χ1v) is 45.2.